The van der Waals surface area contributed by atoms with Crippen LogP contribution in [0.25, 0.3) is 22.0 Å². The minimum atomic E-state index is 0.206. The van der Waals surface area contributed by atoms with Crippen LogP contribution in [0.1, 0.15) is 35.8 Å². The molecule has 0 aliphatic heterocycles. The Morgan fingerprint density at radius 2 is 1.62 bits per heavy atom. The van der Waals surface area contributed by atoms with Crippen molar-refractivity contribution in [3.63, 3.8) is 0 Å². The van der Waals surface area contributed by atoms with Crippen molar-refractivity contribution in [2.75, 3.05) is 0 Å². The fraction of sp³-hybridized carbons (Fsp3) is 0.158. The summed E-state index contributed by atoms with van der Waals surface area (Å²) in [7, 11) is 0. The quantitative estimate of drug-likeness (QED) is 0.640. The molecule has 0 bridgehead atoms. The van der Waals surface area contributed by atoms with Gasteiger partial charge in [-0.15, -0.1) is 0 Å². The first kappa shape index (κ1) is 13.5. The van der Waals surface area contributed by atoms with Gasteiger partial charge in [-0.25, -0.2) is 0 Å². The van der Waals surface area contributed by atoms with Gasteiger partial charge in [0, 0.05) is 16.5 Å². The molecule has 2 nitrogen and oxygen atoms in total. The second kappa shape index (κ2) is 5.49. The number of pyridine rings is 1. The van der Waals surface area contributed by atoms with Gasteiger partial charge in [-0.2, -0.15) is 0 Å². The van der Waals surface area contributed by atoms with Crippen molar-refractivity contribution in [2.45, 2.75) is 19.8 Å². The van der Waals surface area contributed by atoms with Gasteiger partial charge in [0.05, 0.1) is 11.2 Å². The van der Waals surface area contributed by atoms with Gasteiger partial charge in [-0.05, 0) is 17.5 Å². The number of hydrogen-bond donors (Lipinski definition) is 0. The number of aromatic nitrogens is 1. The van der Waals surface area contributed by atoms with Crippen molar-refractivity contribution in [3.8, 4) is 11.1 Å². The second-order valence-electron chi connectivity index (χ2n) is 5.44. The second-order valence-corrected chi connectivity index (χ2v) is 5.44. The normalized spacial score (nSPS) is 11.0. The summed E-state index contributed by atoms with van der Waals surface area (Å²) >= 11 is 0. The van der Waals surface area contributed by atoms with E-state index in [1.807, 2.05) is 54.6 Å². The van der Waals surface area contributed by atoms with Gasteiger partial charge < -0.3 is 0 Å². The summed E-state index contributed by atoms with van der Waals surface area (Å²) in [5.41, 5.74) is 4.54. The lowest BCUT2D eigenvalue weighted by Gasteiger charge is -2.16. The number of benzene rings is 2. The van der Waals surface area contributed by atoms with E-state index in [-0.39, 0.29) is 5.92 Å². The minimum absolute atomic E-state index is 0.206. The summed E-state index contributed by atoms with van der Waals surface area (Å²) in [6, 6.07) is 18.1. The van der Waals surface area contributed by atoms with Crippen LogP contribution in [0.3, 0.4) is 0 Å². The Labute approximate surface area is 124 Å². The first-order valence-electron chi connectivity index (χ1n) is 7.15. The first-order valence-corrected chi connectivity index (χ1v) is 7.15. The third kappa shape index (κ3) is 2.33. The van der Waals surface area contributed by atoms with Gasteiger partial charge in [0.1, 0.15) is 0 Å². The monoisotopic (exact) mass is 275 g/mol. The number of carbonyl (C=O) groups is 1. The van der Waals surface area contributed by atoms with Gasteiger partial charge in [0.15, 0.2) is 6.29 Å². The van der Waals surface area contributed by atoms with Gasteiger partial charge in [0.25, 0.3) is 0 Å². The van der Waals surface area contributed by atoms with Crippen molar-refractivity contribution in [1.82, 2.24) is 4.98 Å². The molecule has 0 unspecified atom stereocenters. The zero-order valence-electron chi connectivity index (χ0n) is 12.2. The highest BCUT2D eigenvalue weighted by molar-refractivity contribution is 6.03. The molecule has 0 fully saturated rings. The van der Waals surface area contributed by atoms with E-state index in [0.29, 0.717) is 5.56 Å². The Bertz CT molecular complexity index is 791. The highest BCUT2D eigenvalue weighted by Gasteiger charge is 2.17. The van der Waals surface area contributed by atoms with Gasteiger partial charge >= 0.3 is 0 Å². The maximum atomic E-state index is 11.7. The number of carbonyl (C=O) groups excluding carboxylic acids is 1. The molecule has 3 rings (SSSR count). The average molecular weight is 275 g/mol. The Kier molecular flexibility index (Phi) is 3.53. The summed E-state index contributed by atoms with van der Waals surface area (Å²) in [6.45, 7) is 4.14. The van der Waals surface area contributed by atoms with Crippen LogP contribution in [-0.4, -0.2) is 11.3 Å². The Hall–Kier alpha value is -2.48. The summed E-state index contributed by atoms with van der Waals surface area (Å²) in [5, 5.41) is 1.02. The van der Waals surface area contributed by atoms with E-state index in [1.54, 1.807) is 0 Å². The molecule has 21 heavy (non-hydrogen) atoms. The van der Waals surface area contributed by atoms with Crippen molar-refractivity contribution >= 4 is 17.2 Å². The molecule has 0 spiro atoms. The zero-order valence-corrected chi connectivity index (χ0v) is 12.2. The van der Waals surface area contributed by atoms with Crippen LogP contribution in [0.5, 0.6) is 0 Å². The average Bonchev–Trinajstić information content (AvgIpc) is 2.53. The van der Waals surface area contributed by atoms with Gasteiger partial charge in [0.2, 0.25) is 0 Å². The summed E-state index contributed by atoms with van der Waals surface area (Å²) in [6.07, 6.45) is 0.942. The highest BCUT2D eigenvalue weighted by atomic mass is 16.1. The molecule has 0 amide bonds. The maximum absolute atomic E-state index is 11.7. The molecule has 1 aromatic heterocycles. The van der Waals surface area contributed by atoms with Crippen LogP contribution in [0.2, 0.25) is 0 Å². The van der Waals surface area contributed by atoms with Crippen LogP contribution in [-0.2, 0) is 0 Å². The Balaban J connectivity index is 2.47. The SMILES string of the molecule is CC(C)c1nc2ccccc2c(-c2ccccc2)c1C=O. The molecule has 104 valence electrons. The molecule has 0 N–H and O–H groups in total. The van der Waals surface area contributed by atoms with E-state index in [9.17, 15) is 4.79 Å². The van der Waals surface area contributed by atoms with Gasteiger partial charge in [-0.1, -0.05) is 62.4 Å². The Morgan fingerprint density at radius 3 is 2.29 bits per heavy atom. The van der Waals surface area contributed by atoms with Crippen LogP contribution in [0, 0.1) is 0 Å². The molecule has 3 aromatic rings. The number of fused-ring (bicyclic) bond motifs is 1. The van der Waals surface area contributed by atoms with Crippen LogP contribution >= 0.6 is 0 Å². The number of nitrogens with zero attached hydrogens (tertiary/aromatic N) is 1. The number of hydrogen-bond acceptors (Lipinski definition) is 2. The van der Waals surface area contributed by atoms with E-state index >= 15 is 0 Å². The number of rotatable bonds is 3. The first-order chi connectivity index (χ1) is 10.2. The molecule has 0 saturated carbocycles. The topological polar surface area (TPSA) is 30.0 Å². The van der Waals surface area contributed by atoms with Gasteiger partial charge in [-0.3, -0.25) is 9.78 Å². The molecular formula is C19H17NO. The van der Waals surface area contributed by atoms with E-state index in [0.717, 1.165) is 34.0 Å². The summed E-state index contributed by atoms with van der Waals surface area (Å²) in [4.78, 5) is 16.4. The van der Waals surface area contributed by atoms with Crippen LogP contribution in [0.15, 0.2) is 54.6 Å². The molecule has 2 aromatic carbocycles. The predicted molar refractivity (Wildman–Crippen MR) is 86.7 cm³/mol. The fourth-order valence-electron chi connectivity index (χ4n) is 2.72. The molecule has 0 aliphatic carbocycles. The third-order valence-electron chi connectivity index (χ3n) is 3.69. The van der Waals surface area contributed by atoms with Crippen molar-refractivity contribution in [3.05, 3.63) is 65.9 Å². The Morgan fingerprint density at radius 1 is 0.952 bits per heavy atom. The fourth-order valence-corrected chi connectivity index (χ4v) is 2.72. The highest BCUT2D eigenvalue weighted by Crippen LogP contribution is 2.34. The molecule has 0 saturated heterocycles. The summed E-state index contributed by atoms with van der Waals surface area (Å²) < 4.78 is 0. The van der Waals surface area contributed by atoms with E-state index in [1.165, 1.54) is 0 Å². The molecule has 1 heterocycles. The smallest absolute Gasteiger partial charge is 0.152 e. The molecule has 0 radical (unpaired) electrons. The standard InChI is InChI=1S/C19H17NO/c1-13(2)19-16(12-21)18(14-8-4-3-5-9-14)15-10-6-7-11-17(15)20-19/h3-13H,1-2H3. The molecule has 2 heteroatoms. The van der Waals surface area contributed by atoms with Crippen molar-refractivity contribution < 1.29 is 4.79 Å². The van der Waals surface area contributed by atoms with E-state index in [4.69, 9.17) is 4.98 Å². The van der Waals surface area contributed by atoms with Crippen LogP contribution in [0.4, 0.5) is 0 Å². The van der Waals surface area contributed by atoms with Crippen molar-refractivity contribution in [2.24, 2.45) is 0 Å². The minimum Gasteiger partial charge on any atom is -0.298 e. The summed E-state index contributed by atoms with van der Waals surface area (Å²) in [5.74, 6) is 0.206. The predicted octanol–water partition coefficient (Wildman–Crippen LogP) is 4.84. The molecule has 0 aliphatic rings. The third-order valence-corrected chi connectivity index (χ3v) is 3.69. The lowest BCUT2D eigenvalue weighted by atomic mass is 9.92. The molecular weight excluding hydrogens is 258 g/mol. The molecule has 0 atom stereocenters. The number of para-hydroxylation sites is 1. The maximum Gasteiger partial charge on any atom is 0.152 e. The number of aldehydes is 1. The van der Waals surface area contributed by atoms with E-state index in [2.05, 4.69) is 13.8 Å². The van der Waals surface area contributed by atoms with Crippen LogP contribution < -0.4 is 0 Å². The lowest BCUT2D eigenvalue weighted by Crippen LogP contribution is -2.03. The lowest BCUT2D eigenvalue weighted by molar-refractivity contribution is 0.112. The van der Waals surface area contributed by atoms with E-state index < -0.39 is 0 Å². The zero-order chi connectivity index (χ0) is 14.8. The van der Waals surface area contributed by atoms with Crippen molar-refractivity contribution in [1.29, 1.82) is 0 Å². The largest absolute Gasteiger partial charge is 0.298 e.